The monoisotopic (exact) mass is 506 g/mol. The normalized spacial score (nSPS) is 19.1. The van der Waals surface area contributed by atoms with Crippen molar-refractivity contribution in [2.24, 2.45) is 0 Å². The second kappa shape index (κ2) is 10.5. The predicted octanol–water partition coefficient (Wildman–Crippen LogP) is 2.46. The van der Waals surface area contributed by atoms with Crippen LogP contribution in [0.3, 0.4) is 0 Å². The number of thiazole rings is 1. The van der Waals surface area contributed by atoms with Crippen LogP contribution in [0.2, 0.25) is 0 Å². The van der Waals surface area contributed by atoms with E-state index in [-0.39, 0.29) is 6.61 Å². The van der Waals surface area contributed by atoms with Crippen LogP contribution >= 0.6 is 27.3 Å². The molecule has 0 saturated carbocycles. The maximum atomic E-state index is 13.3. The van der Waals surface area contributed by atoms with E-state index < -0.39 is 41.8 Å². The van der Waals surface area contributed by atoms with Crippen LogP contribution in [0.4, 0.5) is 4.79 Å². The Morgan fingerprint density at radius 3 is 2.70 bits per heavy atom. The molecule has 1 unspecified atom stereocenters. The zero-order valence-electron chi connectivity index (χ0n) is 17.3. The molecule has 0 radical (unpaired) electrons. The van der Waals surface area contributed by atoms with Crippen molar-refractivity contribution in [3.63, 3.8) is 0 Å². The van der Waals surface area contributed by atoms with Crippen LogP contribution in [0, 0.1) is 0 Å². The smallest absolute Gasteiger partial charge is 0.408 e. The lowest BCUT2D eigenvalue weighted by molar-refractivity contribution is -0.150. The molecule has 1 aliphatic rings. The van der Waals surface area contributed by atoms with Gasteiger partial charge in [-0.05, 0) is 56.5 Å². The van der Waals surface area contributed by atoms with Gasteiger partial charge in [0.25, 0.3) is 5.91 Å². The van der Waals surface area contributed by atoms with Crippen molar-refractivity contribution < 1.29 is 29.0 Å². The van der Waals surface area contributed by atoms with Crippen LogP contribution in [-0.2, 0) is 19.1 Å². The maximum Gasteiger partial charge on any atom is 0.408 e. The molecule has 2 heterocycles. The van der Waals surface area contributed by atoms with Crippen LogP contribution in [0.1, 0.15) is 51.6 Å². The number of rotatable bonds is 7. The Kier molecular flexibility index (Phi) is 8.59. The highest BCUT2D eigenvalue weighted by Crippen LogP contribution is 2.28. The molecule has 1 aromatic heterocycles. The summed E-state index contributed by atoms with van der Waals surface area (Å²) in [7, 11) is 0. The number of hydrogen-bond acceptors (Lipinski definition) is 8. The highest BCUT2D eigenvalue weighted by Gasteiger charge is 2.39. The third-order valence-corrected chi connectivity index (χ3v) is 5.69. The molecule has 0 spiro atoms. The van der Waals surface area contributed by atoms with Gasteiger partial charge in [0.15, 0.2) is 0 Å². The molecule has 2 amide bonds. The minimum atomic E-state index is -1.17. The van der Waals surface area contributed by atoms with E-state index in [4.69, 9.17) is 9.47 Å². The van der Waals surface area contributed by atoms with Gasteiger partial charge in [-0.2, -0.15) is 0 Å². The number of nitrogens with zero attached hydrogens (tertiary/aromatic N) is 2. The number of ether oxygens (including phenoxy) is 2. The van der Waals surface area contributed by atoms with E-state index in [0.29, 0.717) is 29.0 Å². The molecule has 1 saturated heterocycles. The van der Waals surface area contributed by atoms with Gasteiger partial charge < -0.3 is 19.9 Å². The molecule has 0 bridgehead atoms. The molecule has 3 N–H and O–H groups in total. The first kappa shape index (κ1) is 24.5. The highest BCUT2D eigenvalue weighted by molar-refractivity contribution is 9.10. The van der Waals surface area contributed by atoms with E-state index in [2.05, 4.69) is 31.7 Å². The van der Waals surface area contributed by atoms with Crippen LogP contribution < -0.4 is 10.7 Å². The summed E-state index contributed by atoms with van der Waals surface area (Å²) in [5.41, 5.74) is 1.96. The number of aromatic nitrogens is 1. The Morgan fingerprint density at radius 2 is 2.17 bits per heavy atom. The van der Waals surface area contributed by atoms with Gasteiger partial charge in [0.05, 0.1) is 0 Å². The number of carbonyl (C=O) groups excluding carboxylic acids is 2. The van der Waals surface area contributed by atoms with Crippen molar-refractivity contribution in [3.05, 3.63) is 15.0 Å². The Hall–Kier alpha value is -1.76. The number of halogens is 1. The molecular formula is C18H27BrN4O6S. The van der Waals surface area contributed by atoms with Crippen molar-refractivity contribution in [2.45, 2.75) is 64.3 Å². The first-order valence-corrected chi connectivity index (χ1v) is 11.2. The number of nitrogens with one attached hydrogen (secondary N) is 2. The number of aliphatic carboxylic acids is 1. The second-order valence-corrected chi connectivity index (χ2v) is 9.36. The summed E-state index contributed by atoms with van der Waals surface area (Å²) in [6, 6.07) is -2.05. The maximum absolute atomic E-state index is 13.3. The predicted molar refractivity (Wildman–Crippen MR) is 113 cm³/mol. The van der Waals surface area contributed by atoms with Gasteiger partial charge >= 0.3 is 12.1 Å². The number of amides is 2. The van der Waals surface area contributed by atoms with Gasteiger partial charge in [0, 0.05) is 18.5 Å². The van der Waals surface area contributed by atoms with Gasteiger partial charge in [0.2, 0.25) is 0 Å². The number of alkyl carbamates (subject to hydrolysis) is 1. The van der Waals surface area contributed by atoms with Gasteiger partial charge in [0.1, 0.15) is 33.4 Å². The topological polar surface area (TPSA) is 130 Å². The van der Waals surface area contributed by atoms with Gasteiger partial charge in [-0.15, -0.1) is 11.3 Å². The fourth-order valence-corrected chi connectivity index (χ4v) is 4.23. The summed E-state index contributed by atoms with van der Waals surface area (Å²) in [5, 5.41) is 15.3. The van der Waals surface area contributed by atoms with E-state index in [9.17, 15) is 19.5 Å². The van der Waals surface area contributed by atoms with E-state index in [1.54, 1.807) is 33.1 Å². The lowest BCUT2D eigenvalue weighted by atomic mass is 10.1. The fourth-order valence-electron chi connectivity index (χ4n) is 2.88. The van der Waals surface area contributed by atoms with Crippen LogP contribution in [-0.4, -0.2) is 63.9 Å². The first-order valence-electron chi connectivity index (χ1n) is 9.54. The van der Waals surface area contributed by atoms with Crippen molar-refractivity contribution in [1.82, 2.24) is 20.7 Å². The first-order chi connectivity index (χ1) is 14.0. The summed E-state index contributed by atoms with van der Waals surface area (Å²) in [5.74, 6) is -1.58. The molecule has 12 heteroatoms. The Labute approximate surface area is 187 Å². The molecule has 168 valence electrons. The molecular weight excluding hydrogens is 480 g/mol. The minimum absolute atomic E-state index is 0.271. The molecule has 10 nitrogen and oxygen atoms in total. The van der Waals surface area contributed by atoms with E-state index in [1.807, 2.05) is 0 Å². The minimum Gasteiger partial charge on any atom is -0.480 e. The highest BCUT2D eigenvalue weighted by atomic mass is 79.9. The van der Waals surface area contributed by atoms with Crippen molar-refractivity contribution in [2.75, 3.05) is 13.2 Å². The summed E-state index contributed by atoms with van der Waals surface area (Å²) in [6.45, 7) is 7.48. The van der Waals surface area contributed by atoms with Crippen molar-refractivity contribution in [1.29, 1.82) is 0 Å². The quantitative estimate of drug-likeness (QED) is 0.513. The van der Waals surface area contributed by atoms with Crippen LogP contribution in [0.25, 0.3) is 0 Å². The number of hydrazine groups is 1. The fraction of sp³-hybridized carbons (Fsp3) is 0.667. The van der Waals surface area contributed by atoms with Crippen molar-refractivity contribution in [3.8, 4) is 0 Å². The zero-order valence-corrected chi connectivity index (χ0v) is 19.7. The van der Waals surface area contributed by atoms with Crippen LogP contribution in [0.5, 0.6) is 0 Å². The van der Waals surface area contributed by atoms with Gasteiger partial charge in [-0.1, -0.05) is 0 Å². The summed E-state index contributed by atoms with van der Waals surface area (Å²) in [4.78, 5) is 41.5. The molecule has 1 fully saturated rings. The average molecular weight is 507 g/mol. The van der Waals surface area contributed by atoms with Crippen LogP contribution in [0.15, 0.2) is 9.98 Å². The van der Waals surface area contributed by atoms with E-state index in [1.165, 1.54) is 16.3 Å². The lowest BCUT2D eigenvalue weighted by Crippen LogP contribution is -2.61. The number of hydrogen-bond donors (Lipinski definition) is 3. The Bertz CT molecular complexity index is 768. The molecule has 3 atom stereocenters. The molecule has 30 heavy (non-hydrogen) atoms. The summed E-state index contributed by atoms with van der Waals surface area (Å²) >= 11 is 4.56. The SMILES string of the molecule is CCO[C@H](c1nc(Br)cs1)[C@H](NC(=O)OC(C)(C)C)C(=O)N1CCCC(C(=O)O)N1. The number of carboxylic acids is 1. The Morgan fingerprint density at radius 1 is 1.47 bits per heavy atom. The van der Waals surface area contributed by atoms with Gasteiger partial charge in [-0.3, -0.25) is 14.6 Å². The molecule has 1 aliphatic heterocycles. The second-order valence-electron chi connectivity index (χ2n) is 7.66. The average Bonchev–Trinajstić information content (AvgIpc) is 3.08. The zero-order chi connectivity index (χ0) is 22.5. The van der Waals surface area contributed by atoms with E-state index >= 15 is 0 Å². The standard InChI is InChI=1S/C18H27BrN4O6S/c1-5-28-13(14-20-11(19)9-30-14)12(21-17(27)29-18(2,3)4)15(24)23-8-6-7-10(22-23)16(25)26/h9-10,12-13,22H,5-8H2,1-4H3,(H,21,27)(H,25,26)/t10?,12-,13-/m0/s1. The molecule has 1 aromatic rings. The summed E-state index contributed by atoms with van der Waals surface area (Å²) in [6.07, 6.45) is -0.750. The molecule has 2 rings (SSSR count). The third-order valence-electron chi connectivity index (χ3n) is 4.07. The molecule has 0 aliphatic carbocycles. The van der Waals surface area contributed by atoms with Crippen molar-refractivity contribution >= 4 is 45.2 Å². The largest absolute Gasteiger partial charge is 0.480 e. The Balaban J connectivity index is 2.32. The molecule has 0 aromatic carbocycles. The third kappa shape index (κ3) is 6.89. The number of carboxylic acid groups (broad SMARTS) is 1. The summed E-state index contributed by atoms with van der Waals surface area (Å²) < 4.78 is 11.7. The van der Waals surface area contributed by atoms with E-state index in [0.717, 1.165) is 0 Å². The number of carbonyl (C=O) groups is 3. The lowest BCUT2D eigenvalue weighted by Gasteiger charge is -2.36. The van der Waals surface area contributed by atoms with Gasteiger partial charge in [-0.25, -0.2) is 15.2 Å².